The molecule has 0 aromatic heterocycles. The van der Waals surface area contributed by atoms with E-state index in [-0.39, 0.29) is 21.2 Å². The minimum atomic E-state index is -4.06. The summed E-state index contributed by atoms with van der Waals surface area (Å²) in [6.07, 6.45) is 0. The highest BCUT2D eigenvalue weighted by molar-refractivity contribution is 7.93. The molecule has 1 amide bonds. The van der Waals surface area contributed by atoms with Crippen molar-refractivity contribution in [3.63, 3.8) is 0 Å². The third-order valence-electron chi connectivity index (χ3n) is 5.45. The predicted molar refractivity (Wildman–Crippen MR) is 144 cm³/mol. The van der Waals surface area contributed by atoms with Gasteiger partial charge in [0.2, 0.25) is 5.91 Å². The number of amides is 1. The number of nitrogens with one attached hydrogen (secondary N) is 2. The van der Waals surface area contributed by atoms with Crippen molar-refractivity contribution in [1.29, 1.82) is 0 Å². The Morgan fingerprint density at radius 3 is 2.03 bits per heavy atom. The van der Waals surface area contributed by atoms with Crippen LogP contribution >= 0.6 is 0 Å². The lowest BCUT2D eigenvalue weighted by molar-refractivity contribution is -0.114. The van der Waals surface area contributed by atoms with Gasteiger partial charge in [0.25, 0.3) is 20.0 Å². The smallest absolute Gasteiger partial charge is 0.264 e. The standard InChI is InChI=1S/C27H24FN3O5S2/c1-20-6-5-7-24(18-20)31(38(35,36)26-8-3-2-4-9-26)19-27(32)29-22-14-16-25(17-15-22)37(33,34)30-23-12-10-21(28)11-13-23/h2-18,30H,19H2,1H3,(H,29,32). The van der Waals surface area contributed by atoms with Crippen molar-refractivity contribution in [3.05, 3.63) is 115 Å². The molecule has 4 aromatic carbocycles. The number of aryl methyl sites for hydroxylation is 1. The minimum absolute atomic E-state index is 0.0394. The molecule has 196 valence electrons. The molecule has 0 aliphatic heterocycles. The number of sulfonamides is 2. The Bertz CT molecular complexity index is 1640. The van der Waals surface area contributed by atoms with Crippen molar-refractivity contribution >= 4 is 43.0 Å². The molecule has 11 heteroatoms. The Morgan fingerprint density at radius 2 is 1.39 bits per heavy atom. The van der Waals surface area contributed by atoms with Crippen molar-refractivity contribution in [2.75, 3.05) is 20.9 Å². The van der Waals surface area contributed by atoms with Gasteiger partial charge in [-0.05, 0) is 85.3 Å². The number of hydrogen-bond donors (Lipinski definition) is 2. The van der Waals surface area contributed by atoms with Crippen LogP contribution in [0.3, 0.4) is 0 Å². The van der Waals surface area contributed by atoms with E-state index in [0.717, 1.165) is 22.0 Å². The largest absolute Gasteiger partial charge is 0.325 e. The Morgan fingerprint density at radius 1 is 0.763 bits per heavy atom. The normalized spacial score (nSPS) is 11.5. The van der Waals surface area contributed by atoms with E-state index < -0.39 is 38.3 Å². The van der Waals surface area contributed by atoms with Gasteiger partial charge >= 0.3 is 0 Å². The van der Waals surface area contributed by atoms with Gasteiger partial charge in [-0.25, -0.2) is 21.2 Å². The first-order valence-corrected chi connectivity index (χ1v) is 14.3. The molecule has 0 spiro atoms. The summed E-state index contributed by atoms with van der Waals surface area (Å²) in [5.41, 5.74) is 1.62. The fraction of sp³-hybridized carbons (Fsp3) is 0.0741. The average Bonchev–Trinajstić information content (AvgIpc) is 2.89. The van der Waals surface area contributed by atoms with Crippen molar-refractivity contribution < 1.29 is 26.0 Å². The van der Waals surface area contributed by atoms with E-state index in [1.807, 2.05) is 13.0 Å². The summed E-state index contributed by atoms with van der Waals surface area (Å²) in [7, 11) is -8.01. The first-order chi connectivity index (χ1) is 18.0. The lowest BCUT2D eigenvalue weighted by Gasteiger charge is -2.24. The minimum Gasteiger partial charge on any atom is -0.325 e. The van der Waals surface area contributed by atoms with Crippen LogP contribution in [-0.4, -0.2) is 29.3 Å². The summed E-state index contributed by atoms with van der Waals surface area (Å²) in [5, 5.41) is 2.61. The fourth-order valence-corrected chi connectivity index (χ4v) is 6.09. The summed E-state index contributed by atoms with van der Waals surface area (Å²) >= 11 is 0. The molecule has 0 aliphatic carbocycles. The van der Waals surface area contributed by atoms with E-state index in [2.05, 4.69) is 10.0 Å². The third-order valence-corrected chi connectivity index (χ3v) is 8.64. The van der Waals surface area contributed by atoms with Gasteiger partial charge < -0.3 is 5.32 Å². The second-order valence-electron chi connectivity index (χ2n) is 8.35. The van der Waals surface area contributed by atoms with E-state index in [0.29, 0.717) is 5.69 Å². The molecule has 38 heavy (non-hydrogen) atoms. The van der Waals surface area contributed by atoms with Crippen LogP contribution in [0.2, 0.25) is 0 Å². The second-order valence-corrected chi connectivity index (χ2v) is 11.9. The van der Waals surface area contributed by atoms with Gasteiger partial charge in [-0.3, -0.25) is 13.8 Å². The molecule has 0 heterocycles. The Kier molecular flexibility index (Phi) is 7.79. The molecular weight excluding hydrogens is 529 g/mol. The van der Waals surface area contributed by atoms with E-state index >= 15 is 0 Å². The Hall–Kier alpha value is -4.22. The maximum atomic E-state index is 13.4. The number of carbonyl (C=O) groups is 1. The van der Waals surface area contributed by atoms with Gasteiger partial charge in [0.05, 0.1) is 15.5 Å². The van der Waals surface area contributed by atoms with Crippen LogP contribution in [-0.2, 0) is 24.8 Å². The topological polar surface area (TPSA) is 113 Å². The van der Waals surface area contributed by atoms with Crippen LogP contribution in [0.4, 0.5) is 21.5 Å². The lowest BCUT2D eigenvalue weighted by Crippen LogP contribution is -2.38. The summed E-state index contributed by atoms with van der Waals surface area (Å²) < 4.78 is 68.5. The average molecular weight is 554 g/mol. The SMILES string of the molecule is Cc1cccc(N(CC(=O)Nc2ccc(S(=O)(=O)Nc3ccc(F)cc3)cc2)S(=O)(=O)c2ccccc2)c1. The van der Waals surface area contributed by atoms with Gasteiger partial charge in [0.15, 0.2) is 0 Å². The lowest BCUT2D eigenvalue weighted by atomic mass is 10.2. The molecule has 0 fully saturated rings. The molecule has 4 rings (SSSR count). The van der Waals surface area contributed by atoms with Crippen molar-refractivity contribution in [2.45, 2.75) is 16.7 Å². The molecule has 4 aromatic rings. The number of carbonyl (C=O) groups excluding carboxylic acids is 1. The Balaban J connectivity index is 1.52. The summed E-state index contributed by atoms with van der Waals surface area (Å²) in [6.45, 7) is 1.31. The van der Waals surface area contributed by atoms with Gasteiger partial charge in [-0.15, -0.1) is 0 Å². The molecule has 8 nitrogen and oxygen atoms in total. The summed E-state index contributed by atoms with van der Waals surface area (Å²) in [6, 6.07) is 24.8. The number of hydrogen-bond acceptors (Lipinski definition) is 5. The number of halogens is 1. The van der Waals surface area contributed by atoms with Crippen molar-refractivity contribution in [1.82, 2.24) is 0 Å². The molecule has 0 saturated heterocycles. The van der Waals surface area contributed by atoms with E-state index in [1.54, 1.807) is 36.4 Å². The molecule has 2 N–H and O–H groups in total. The zero-order chi connectivity index (χ0) is 27.3. The number of anilines is 3. The quantitative estimate of drug-likeness (QED) is 0.310. The summed E-state index contributed by atoms with van der Waals surface area (Å²) in [5.74, 6) is -1.11. The fourth-order valence-electron chi connectivity index (χ4n) is 3.60. The first kappa shape index (κ1) is 26.8. The number of benzene rings is 4. The van der Waals surface area contributed by atoms with Crippen molar-refractivity contribution in [3.8, 4) is 0 Å². The number of nitrogens with zero attached hydrogens (tertiary/aromatic N) is 1. The van der Waals surface area contributed by atoms with Crippen LogP contribution in [0.5, 0.6) is 0 Å². The molecular formula is C27H24FN3O5S2. The highest BCUT2D eigenvalue weighted by Crippen LogP contribution is 2.25. The van der Waals surface area contributed by atoms with Crippen LogP contribution in [0.1, 0.15) is 5.56 Å². The van der Waals surface area contributed by atoms with Crippen LogP contribution in [0, 0.1) is 12.7 Å². The highest BCUT2D eigenvalue weighted by Gasteiger charge is 2.27. The highest BCUT2D eigenvalue weighted by atomic mass is 32.2. The maximum Gasteiger partial charge on any atom is 0.264 e. The van der Waals surface area contributed by atoms with E-state index in [9.17, 15) is 26.0 Å². The van der Waals surface area contributed by atoms with Crippen molar-refractivity contribution in [2.24, 2.45) is 0 Å². The van der Waals surface area contributed by atoms with Gasteiger partial charge in [0, 0.05) is 11.4 Å². The molecule has 0 bridgehead atoms. The maximum absolute atomic E-state index is 13.4. The second kappa shape index (κ2) is 11.0. The van der Waals surface area contributed by atoms with Crippen LogP contribution in [0.15, 0.2) is 113 Å². The van der Waals surface area contributed by atoms with E-state index in [4.69, 9.17) is 0 Å². The molecule has 0 radical (unpaired) electrons. The molecule has 0 atom stereocenters. The van der Waals surface area contributed by atoms with Gasteiger partial charge in [-0.2, -0.15) is 0 Å². The molecule has 0 unspecified atom stereocenters. The predicted octanol–water partition coefficient (Wildman–Crippen LogP) is 4.77. The first-order valence-electron chi connectivity index (χ1n) is 11.4. The van der Waals surface area contributed by atoms with Crippen LogP contribution < -0.4 is 14.3 Å². The monoisotopic (exact) mass is 553 g/mol. The van der Waals surface area contributed by atoms with Gasteiger partial charge in [0.1, 0.15) is 12.4 Å². The third kappa shape index (κ3) is 6.36. The summed E-state index contributed by atoms with van der Waals surface area (Å²) in [4.78, 5) is 12.9. The molecule has 0 saturated carbocycles. The van der Waals surface area contributed by atoms with Crippen LogP contribution in [0.25, 0.3) is 0 Å². The molecule has 0 aliphatic rings. The van der Waals surface area contributed by atoms with E-state index in [1.165, 1.54) is 48.5 Å². The zero-order valence-electron chi connectivity index (χ0n) is 20.2. The zero-order valence-corrected chi connectivity index (χ0v) is 21.8. The number of rotatable bonds is 9. The Labute approximate surface area is 220 Å². The van der Waals surface area contributed by atoms with Gasteiger partial charge in [-0.1, -0.05) is 30.3 Å².